The smallest absolute Gasteiger partial charge is 0.321 e. The lowest BCUT2D eigenvalue weighted by atomic mass is 9.72. The maximum absolute atomic E-state index is 12.7. The summed E-state index contributed by atoms with van der Waals surface area (Å²) >= 11 is 0. The molecular formula is C17H20O5. The van der Waals surface area contributed by atoms with Crippen molar-refractivity contribution in [1.29, 1.82) is 0 Å². The second kappa shape index (κ2) is 5.91. The van der Waals surface area contributed by atoms with Crippen LogP contribution in [0.2, 0.25) is 0 Å². The fourth-order valence-corrected chi connectivity index (χ4v) is 3.23. The van der Waals surface area contributed by atoms with Gasteiger partial charge in [0.2, 0.25) is 0 Å². The van der Waals surface area contributed by atoms with Gasteiger partial charge in [-0.2, -0.15) is 0 Å². The van der Waals surface area contributed by atoms with Crippen LogP contribution in [-0.4, -0.2) is 30.4 Å². The van der Waals surface area contributed by atoms with Gasteiger partial charge in [-0.3, -0.25) is 14.4 Å². The molecule has 0 amide bonds. The number of Topliss-reactive ketones (excluding diaryl/α,β-unsaturated/α-hetero) is 1. The van der Waals surface area contributed by atoms with Gasteiger partial charge in [0, 0.05) is 17.4 Å². The minimum absolute atomic E-state index is 0.120. The average molecular weight is 304 g/mol. The first-order valence-corrected chi connectivity index (χ1v) is 7.19. The summed E-state index contributed by atoms with van der Waals surface area (Å²) in [5, 5.41) is 0. The lowest BCUT2D eigenvalue weighted by Crippen LogP contribution is -2.41. The number of ketones is 1. The molecule has 0 radical (unpaired) electrons. The molecule has 1 aromatic carbocycles. The summed E-state index contributed by atoms with van der Waals surface area (Å²) in [5.74, 6) is -3.59. The molecule has 0 unspecified atom stereocenters. The number of esters is 2. The van der Waals surface area contributed by atoms with E-state index < -0.39 is 35.3 Å². The van der Waals surface area contributed by atoms with Crippen molar-refractivity contribution in [2.45, 2.75) is 26.4 Å². The van der Waals surface area contributed by atoms with E-state index in [0.29, 0.717) is 5.56 Å². The Bertz CT molecular complexity index is 590. The summed E-state index contributed by atoms with van der Waals surface area (Å²) in [5.41, 5.74) is -0.353. The summed E-state index contributed by atoms with van der Waals surface area (Å²) in [6.45, 7) is 5.15. The molecule has 5 heteroatoms. The Hall–Kier alpha value is -2.17. The third kappa shape index (κ3) is 2.75. The Morgan fingerprint density at radius 2 is 1.82 bits per heavy atom. The fourth-order valence-electron chi connectivity index (χ4n) is 3.23. The van der Waals surface area contributed by atoms with Crippen molar-refractivity contribution in [2.75, 3.05) is 7.11 Å². The number of cyclic esters (lactones) is 1. The van der Waals surface area contributed by atoms with Gasteiger partial charge in [0.1, 0.15) is 5.60 Å². The predicted molar refractivity (Wildman–Crippen MR) is 79.1 cm³/mol. The van der Waals surface area contributed by atoms with Crippen LogP contribution < -0.4 is 0 Å². The number of methoxy groups -OCH3 is 1. The van der Waals surface area contributed by atoms with E-state index in [0.717, 1.165) is 0 Å². The standard InChI is InChI=1S/C17H20O5/c1-10(14(18)11-8-6-5-7-9-11)13-12(15(19)21-4)16(20)22-17(13,2)3/h5-10,12-13H,1-4H3/t10-,12-,13+/m1/s1. The number of ether oxygens (including phenoxy) is 2. The molecule has 22 heavy (non-hydrogen) atoms. The van der Waals surface area contributed by atoms with Crippen molar-refractivity contribution in [3.05, 3.63) is 35.9 Å². The van der Waals surface area contributed by atoms with Crippen molar-refractivity contribution in [3.63, 3.8) is 0 Å². The number of hydrogen-bond acceptors (Lipinski definition) is 5. The van der Waals surface area contributed by atoms with Crippen LogP contribution >= 0.6 is 0 Å². The number of hydrogen-bond donors (Lipinski definition) is 0. The second-order valence-corrected chi connectivity index (χ2v) is 6.07. The fraction of sp³-hybridized carbons (Fsp3) is 0.471. The zero-order valence-electron chi connectivity index (χ0n) is 13.2. The largest absolute Gasteiger partial charge is 0.468 e. The quantitative estimate of drug-likeness (QED) is 0.485. The molecule has 118 valence electrons. The second-order valence-electron chi connectivity index (χ2n) is 6.07. The van der Waals surface area contributed by atoms with E-state index >= 15 is 0 Å². The summed E-state index contributed by atoms with van der Waals surface area (Å²) in [4.78, 5) is 36.6. The van der Waals surface area contributed by atoms with E-state index in [9.17, 15) is 14.4 Å². The van der Waals surface area contributed by atoms with Gasteiger partial charge in [-0.1, -0.05) is 37.3 Å². The van der Waals surface area contributed by atoms with Crippen LogP contribution in [0.15, 0.2) is 30.3 Å². The van der Waals surface area contributed by atoms with Crippen molar-refractivity contribution in [3.8, 4) is 0 Å². The van der Waals surface area contributed by atoms with E-state index in [1.165, 1.54) is 7.11 Å². The summed E-state index contributed by atoms with van der Waals surface area (Å²) in [7, 11) is 1.22. The molecule has 1 fully saturated rings. The highest BCUT2D eigenvalue weighted by molar-refractivity contribution is 6.01. The van der Waals surface area contributed by atoms with Gasteiger partial charge in [0.15, 0.2) is 11.7 Å². The molecule has 1 heterocycles. The average Bonchev–Trinajstić information content (AvgIpc) is 2.74. The zero-order valence-corrected chi connectivity index (χ0v) is 13.2. The molecule has 5 nitrogen and oxygen atoms in total. The van der Waals surface area contributed by atoms with Crippen LogP contribution in [0.4, 0.5) is 0 Å². The lowest BCUT2D eigenvalue weighted by Gasteiger charge is -2.30. The normalized spacial score (nSPS) is 24.5. The molecule has 0 saturated carbocycles. The van der Waals surface area contributed by atoms with Crippen molar-refractivity contribution in [2.24, 2.45) is 17.8 Å². The van der Waals surface area contributed by atoms with Gasteiger partial charge in [0.05, 0.1) is 7.11 Å². The summed E-state index contributed by atoms with van der Waals surface area (Å²) in [6, 6.07) is 8.82. The Balaban J connectivity index is 2.36. The van der Waals surface area contributed by atoms with E-state index in [1.807, 2.05) is 6.07 Å². The van der Waals surface area contributed by atoms with Crippen LogP contribution in [-0.2, 0) is 19.1 Å². The SMILES string of the molecule is COC(=O)[C@@H]1C(=O)OC(C)(C)[C@H]1[C@@H](C)C(=O)c1ccccc1. The van der Waals surface area contributed by atoms with Gasteiger partial charge in [-0.25, -0.2) is 0 Å². The maximum atomic E-state index is 12.7. The van der Waals surface area contributed by atoms with Crippen LogP contribution in [0.1, 0.15) is 31.1 Å². The Labute approximate surface area is 129 Å². The maximum Gasteiger partial charge on any atom is 0.321 e. The third-order valence-corrected chi connectivity index (χ3v) is 4.25. The van der Waals surface area contributed by atoms with E-state index in [-0.39, 0.29) is 5.78 Å². The number of benzene rings is 1. The minimum Gasteiger partial charge on any atom is -0.468 e. The molecule has 1 saturated heterocycles. The molecule has 3 atom stereocenters. The highest BCUT2D eigenvalue weighted by Gasteiger charge is 2.57. The first-order valence-electron chi connectivity index (χ1n) is 7.19. The zero-order chi connectivity index (χ0) is 16.5. The molecule has 1 aliphatic heterocycles. The van der Waals surface area contributed by atoms with Crippen LogP contribution in [0.5, 0.6) is 0 Å². The van der Waals surface area contributed by atoms with Crippen LogP contribution in [0, 0.1) is 17.8 Å². The Morgan fingerprint density at radius 3 is 2.36 bits per heavy atom. The van der Waals surface area contributed by atoms with Gasteiger partial charge in [-0.15, -0.1) is 0 Å². The van der Waals surface area contributed by atoms with Crippen LogP contribution in [0.3, 0.4) is 0 Å². The Morgan fingerprint density at radius 1 is 1.23 bits per heavy atom. The molecule has 0 spiro atoms. The number of carbonyl (C=O) groups is 3. The number of carbonyl (C=O) groups excluding carboxylic acids is 3. The number of rotatable bonds is 4. The van der Waals surface area contributed by atoms with E-state index in [4.69, 9.17) is 9.47 Å². The highest BCUT2D eigenvalue weighted by atomic mass is 16.6. The van der Waals surface area contributed by atoms with Gasteiger partial charge in [0.25, 0.3) is 0 Å². The topological polar surface area (TPSA) is 69.7 Å². The molecular weight excluding hydrogens is 284 g/mol. The molecule has 0 bridgehead atoms. The molecule has 0 aromatic heterocycles. The predicted octanol–water partition coefficient (Wildman–Crippen LogP) is 2.25. The van der Waals surface area contributed by atoms with Crippen molar-refractivity contribution >= 4 is 17.7 Å². The van der Waals surface area contributed by atoms with Crippen LogP contribution in [0.25, 0.3) is 0 Å². The van der Waals surface area contributed by atoms with Crippen molar-refractivity contribution < 1.29 is 23.9 Å². The van der Waals surface area contributed by atoms with E-state index in [2.05, 4.69) is 0 Å². The third-order valence-electron chi connectivity index (χ3n) is 4.25. The van der Waals surface area contributed by atoms with Gasteiger partial charge < -0.3 is 9.47 Å². The molecule has 1 aliphatic rings. The first-order chi connectivity index (χ1) is 10.3. The Kier molecular flexibility index (Phi) is 4.35. The molecule has 1 aromatic rings. The minimum atomic E-state index is -1.07. The molecule has 2 rings (SSSR count). The molecule has 0 aliphatic carbocycles. The first kappa shape index (κ1) is 16.2. The summed E-state index contributed by atoms with van der Waals surface area (Å²) < 4.78 is 10.0. The van der Waals surface area contributed by atoms with E-state index in [1.54, 1.807) is 45.0 Å². The summed E-state index contributed by atoms with van der Waals surface area (Å²) in [6.07, 6.45) is 0. The monoisotopic (exact) mass is 304 g/mol. The highest BCUT2D eigenvalue weighted by Crippen LogP contribution is 2.43. The van der Waals surface area contributed by atoms with Gasteiger partial charge in [-0.05, 0) is 13.8 Å². The molecule has 0 N–H and O–H groups in total. The van der Waals surface area contributed by atoms with Gasteiger partial charge >= 0.3 is 11.9 Å². The van der Waals surface area contributed by atoms with Crippen molar-refractivity contribution in [1.82, 2.24) is 0 Å². The lowest BCUT2D eigenvalue weighted by molar-refractivity contribution is -0.156.